The van der Waals surface area contributed by atoms with Crippen molar-refractivity contribution in [2.75, 3.05) is 31.1 Å². The molecule has 0 bridgehead atoms. The summed E-state index contributed by atoms with van der Waals surface area (Å²) in [6.45, 7) is 2.75. The van der Waals surface area contributed by atoms with Gasteiger partial charge in [0.25, 0.3) is 0 Å². The molecular weight excluding hydrogens is 172 g/mol. The summed E-state index contributed by atoms with van der Waals surface area (Å²) in [7, 11) is -0.608. The van der Waals surface area contributed by atoms with E-state index in [0.717, 1.165) is 37.6 Å². The Morgan fingerprint density at radius 1 is 1.42 bits per heavy atom. The van der Waals surface area contributed by atoms with E-state index in [0.29, 0.717) is 6.42 Å². The lowest BCUT2D eigenvalue weighted by Crippen LogP contribution is -2.27. The van der Waals surface area contributed by atoms with E-state index >= 15 is 0 Å². The highest BCUT2D eigenvalue weighted by molar-refractivity contribution is 7.85. The minimum absolute atomic E-state index is 0.590. The van der Waals surface area contributed by atoms with Crippen LogP contribution in [0.4, 0.5) is 0 Å². The zero-order valence-electron chi connectivity index (χ0n) is 7.16. The van der Waals surface area contributed by atoms with Gasteiger partial charge in [0.05, 0.1) is 6.07 Å². The van der Waals surface area contributed by atoms with Crippen LogP contribution in [-0.2, 0) is 10.8 Å². The van der Waals surface area contributed by atoms with Gasteiger partial charge >= 0.3 is 0 Å². The molecule has 1 saturated heterocycles. The summed E-state index contributed by atoms with van der Waals surface area (Å²) >= 11 is 0. The maximum absolute atomic E-state index is 11.1. The Hall–Kier alpha value is -0.400. The Bertz CT molecular complexity index is 200. The molecule has 0 aliphatic carbocycles. The number of nitriles is 1. The van der Waals surface area contributed by atoms with E-state index < -0.39 is 10.8 Å². The molecule has 0 radical (unpaired) electrons. The summed E-state index contributed by atoms with van der Waals surface area (Å²) in [5.74, 6) is 1.62. The predicted molar refractivity (Wildman–Crippen MR) is 49.2 cm³/mol. The van der Waals surface area contributed by atoms with Crippen LogP contribution in [0.25, 0.3) is 0 Å². The van der Waals surface area contributed by atoms with Gasteiger partial charge < -0.3 is 4.90 Å². The van der Waals surface area contributed by atoms with Crippen LogP contribution in [0, 0.1) is 11.3 Å². The molecule has 0 N–H and O–H groups in total. The van der Waals surface area contributed by atoms with Gasteiger partial charge in [0, 0.05) is 41.8 Å². The van der Waals surface area contributed by atoms with E-state index in [9.17, 15) is 4.21 Å². The van der Waals surface area contributed by atoms with Crippen molar-refractivity contribution in [1.82, 2.24) is 4.90 Å². The molecule has 1 aliphatic rings. The molecule has 1 fully saturated rings. The molecule has 1 rings (SSSR count). The molecule has 1 aliphatic heterocycles. The summed E-state index contributed by atoms with van der Waals surface area (Å²) in [6.07, 6.45) is 1.60. The minimum Gasteiger partial charge on any atom is -0.301 e. The molecule has 12 heavy (non-hydrogen) atoms. The van der Waals surface area contributed by atoms with Crippen molar-refractivity contribution in [2.24, 2.45) is 0 Å². The Morgan fingerprint density at radius 3 is 3.00 bits per heavy atom. The highest BCUT2D eigenvalue weighted by Gasteiger charge is 2.11. The first kappa shape index (κ1) is 9.69. The Balaban J connectivity index is 2.27. The van der Waals surface area contributed by atoms with Crippen LogP contribution in [0.5, 0.6) is 0 Å². The summed E-state index contributed by atoms with van der Waals surface area (Å²) in [5, 5.41) is 8.38. The van der Waals surface area contributed by atoms with Gasteiger partial charge in [-0.15, -0.1) is 0 Å². The summed E-state index contributed by atoms with van der Waals surface area (Å²) in [5.41, 5.74) is 0. The topological polar surface area (TPSA) is 44.1 Å². The van der Waals surface area contributed by atoms with Crippen molar-refractivity contribution >= 4 is 10.8 Å². The van der Waals surface area contributed by atoms with Gasteiger partial charge in [-0.25, -0.2) is 0 Å². The fraction of sp³-hybridized carbons (Fsp3) is 0.875. The lowest BCUT2D eigenvalue weighted by molar-refractivity contribution is 0.302. The van der Waals surface area contributed by atoms with E-state index in [1.807, 2.05) is 0 Å². The SMILES string of the molecule is N#CCCN1CCCS(=O)CC1. The summed E-state index contributed by atoms with van der Waals surface area (Å²) in [6, 6.07) is 2.13. The summed E-state index contributed by atoms with van der Waals surface area (Å²) in [4.78, 5) is 2.23. The number of hydrogen-bond donors (Lipinski definition) is 0. The molecule has 3 nitrogen and oxygen atoms in total. The zero-order chi connectivity index (χ0) is 8.81. The summed E-state index contributed by atoms with van der Waals surface area (Å²) < 4.78 is 11.1. The molecule has 0 spiro atoms. The van der Waals surface area contributed by atoms with Gasteiger partial charge in [0.1, 0.15) is 0 Å². The Kier molecular flexibility index (Phi) is 4.26. The quantitative estimate of drug-likeness (QED) is 0.625. The van der Waals surface area contributed by atoms with Crippen LogP contribution in [0.2, 0.25) is 0 Å². The molecule has 1 unspecified atom stereocenters. The molecule has 1 heterocycles. The number of rotatable bonds is 2. The normalized spacial score (nSPS) is 26.1. The second kappa shape index (κ2) is 5.28. The monoisotopic (exact) mass is 186 g/mol. The van der Waals surface area contributed by atoms with E-state index in [4.69, 9.17) is 5.26 Å². The van der Waals surface area contributed by atoms with Crippen molar-refractivity contribution in [1.29, 1.82) is 5.26 Å². The van der Waals surface area contributed by atoms with E-state index in [2.05, 4.69) is 11.0 Å². The largest absolute Gasteiger partial charge is 0.301 e. The lowest BCUT2D eigenvalue weighted by Gasteiger charge is -2.16. The molecule has 0 aromatic carbocycles. The van der Waals surface area contributed by atoms with Gasteiger partial charge in [-0.1, -0.05) is 0 Å². The van der Waals surface area contributed by atoms with Gasteiger partial charge in [0.15, 0.2) is 0 Å². The molecule has 0 saturated carbocycles. The van der Waals surface area contributed by atoms with Crippen LogP contribution < -0.4 is 0 Å². The number of hydrogen-bond acceptors (Lipinski definition) is 3. The first-order valence-corrected chi connectivity index (χ1v) is 5.76. The first-order chi connectivity index (χ1) is 5.83. The fourth-order valence-corrected chi connectivity index (χ4v) is 2.44. The second-order valence-electron chi connectivity index (χ2n) is 2.95. The fourth-order valence-electron chi connectivity index (χ4n) is 1.33. The maximum Gasteiger partial charge on any atom is 0.0635 e. The van der Waals surface area contributed by atoms with Crippen molar-refractivity contribution in [2.45, 2.75) is 12.8 Å². The predicted octanol–water partition coefficient (Wildman–Crippen LogP) is 0.354. The van der Waals surface area contributed by atoms with E-state index in [1.54, 1.807) is 0 Å². The molecular formula is C8H14N2OS. The zero-order valence-corrected chi connectivity index (χ0v) is 7.98. The van der Waals surface area contributed by atoms with Gasteiger partial charge in [-0.3, -0.25) is 4.21 Å². The van der Waals surface area contributed by atoms with Crippen molar-refractivity contribution < 1.29 is 4.21 Å². The first-order valence-electron chi connectivity index (χ1n) is 4.27. The second-order valence-corrected chi connectivity index (χ2v) is 4.65. The Labute approximate surface area is 75.8 Å². The Morgan fingerprint density at radius 2 is 2.25 bits per heavy atom. The average molecular weight is 186 g/mol. The van der Waals surface area contributed by atoms with Crippen LogP contribution in [0.1, 0.15) is 12.8 Å². The standard InChI is InChI=1S/C8H14N2OS/c9-3-1-4-10-5-2-7-12(11)8-6-10/h1-2,4-8H2. The minimum atomic E-state index is -0.608. The van der Waals surface area contributed by atoms with E-state index in [-0.39, 0.29) is 0 Å². The molecule has 0 amide bonds. The van der Waals surface area contributed by atoms with Crippen molar-refractivity contribution in [3.63, 3.8) is 0 Å². The smallest absolute Gasteiger partial charge is 0.0635 e. The van der Waals surface area contributed by atoms with Crippen LogP contribution in [0.3, 0.4) is 0 Å². The van der Waals surface area contributed by atoms with Crippen molar-refractivity contribution in [3.8, 4) is 6.07 Å². The van der Waals surface area contributed by atoms with Crippen LogP contribution in [-0.4, -0.2) is 40.2 Å². The molecule has 0 aromatic heterocycles. The third-order valence-electron chi connectivity index (χ3n) is 2.02. The van der Waals surface area contributed by atoms with Gasteiger partial charge in [-0.2, -0.15) is 5.26 Å². The van der Waals surface area contributed by atoms with Crippen LogP contribution >= 0.6 is 0 Å². The lowest BCUT2D eigenvalue weighted by atomic mass is 10.3. The molecule has 68 valence electrons. The third kappa shape index (κ3) is 3.33. The highest BCUT2D eigenvalue weighted by Crippen LogP contribution is 2.01. The highest BCUT2D eigenvalue weighted by atomic mass is 32.2. The molecule has 4 heteroatoms. The third-order valence-corrected chi connectivity index (χ3v) is 3.40. The molecule has 0 aromatic rings. The van der Waals surface area contributed by atoms with E-state index in [1.165, 1.54) is 0 Å². The maximum atomic E-state index is 11.1. The van der Waals surface area contributed by atoms with Crippen molar-refractivity contribution in [3.05, 3.63) is 0 Å². The average Bonchev–Trinajstić information content (AvgIpc) is 2.27. The van der Waals surface area contributed by atoms with Crippen LogP contribution in [0.15, 0.2) is 0 Å². The molecule has 1 atom stereocenters. The number of nitrogens with zero attached hydrogens (tertiary/aromatic N) is 2. The van der Waals surface area contributed by atoms with Gasteiger partial charge in [-0.05, 0) is 13.0 Å². The van der Waals surface area contributed by atoms with Gasteiger partial charge in [0.2, 0.25) is 0 Å².